The summed E-state index contributed by atoms with van der Waals surface area (Å²) < 4.78 is 11.5. The fourth-order valence-corrected chi connectivity index (χ4v) is 2.75. The maximum absolute atomic E-state index is 5.73. The molecule has 0 atom stereocenters. The molecular weight excluding hydrogens is 360 g/mol. The smallest absolute Gasteiger partial charge is 0.174 e. The van der Waals surface area contributed by atoms with Crippen molar-refractivity contribution in [3.8, 4) is 0 Å². The van der Waals surface area contributed by atoms with Gasteiger partial charge in [0.05, 0.1) is 13.2 Å². The van der Waals surface area contributed by atoms with Gasteiger partial charge in [0.15, 0.2) is 11.6 Å². The lowest BCUT2D eigenvalue weighted by molar-refractivity contribution is 0.0275. The van der Waals surface area contributed by atoms with Gasteiger partial charge in [-0.15, -0.1) is 20.4 Å². The Hall–Kier alpha value is -1.94. The van der Waals surface area contributed by atoms with Crippen molar-refractivity contribution in [2.75, 3.05) is 26.4 Å². The number of rotatable bonds is 15. The summed E-state index contributed by atoms with van der Waals surface area (Å²) in [6, 6.07) is 0. The molecule has 0 bridgehead atoms. The quantitative estimate of drug-likeness (QED) is 0.440. The highest BCUT2D eigenvalue weighted by atomic mass is 16.5. The van der Waals surface area contributed by atoms with Gasteiger partial charge in [-0.1, -0.05) is 38.1 Å². The lowest BCUT2D eigenvalue weighted by Gasteiger charge is -2.24. The highest BCUT2D eigenvalue weighted by Gasteiger charge is 2.19. The van der Waals surface area contributed by atoms with Crippen LogP contribution in [0.1, 0.15) is 65.0 Å². The molecule has 10 heteroatoms. The molecule has 0 radical (unpaired) electrons. The second kappa shape index (κ2) is 11.2. The molecule has 0 fully saturated rings. The van der Waals surface area contributed by atoms with E-state index >= 15 is 0 Å². The normalized spacial score (nSPS) is 12.6. The number of aromatic nitrogens is 8. The van der Waals surface area contributed by atoms with Gasteiger partial charge in [-0.3, -0.25) is 0 Å². The molecule has 2 aromatic heterocycles. The Balaban J connectivity index is 1.45. The summed E-state index contributed by atoms with van der Waals surface area (Å²) in [5.74, 6) is 1.53. The molecular formula is C18H34N8O2. The molecule has 2 rings (SSSR count). The number of aryl methyl sites for hydroxylation is 2. The number of ether oxygens (including phenoxy) is 2. The average Bonchev–Trinajstić information content (AvgIpc) is 3.34. The first-order valence-electron chi connectivity index (χ1n) is 9.96. The van der Waals surface area contributed by atoms with E-state index in [0.29, 0.717) is 13.2 Å². The van der Waals surface area contributed by atoms with Gasteiger partial charge in [-0.2, -0.15) is 10.4 Å². The Morgan fingerprint density at radius 3 is 1.43 bits per heavy atom. The molecule has 0 spiro atoms. The Labute approximate surface area is 166 Å². The van der Waals surface area contributed by atoms with Gasteiger partial charge in [-0.05, 0) is 36.5 Å². The minimum Gasteiger partial charge on any atom is -0.379 e. The largest absolute Gasteiger partial charge is 0.379 e. The molecule has 0 saturated heterocycles. The van der Waals surface area contributed by atoms with Crippen LogP contribution in [0.25, 0.3) is 0 Å². The second-order valence-corrected chi connectivity index (χ2v) is 8.71. The highest BCUT2D eigenvalue weighted by molar-refractivity contribution is 4.81. The average molecular weight is 395 g/mol. The lowest BCUT2D eigenvalue weighted by Crippen LogP contribution is -2.18. The molecule has 10 nitrogen and oxygen atoms in total. The molecule has 0 amide bonds. The van der Waals surface area contributed by atoms with E-state index in [0.717, 1.165) is 63.4 Å². The van der Waals surface area contributed by atoms with E-state index in [1.54, 1.807) is 0 Å². The summed E-state index contributed by atoms with van der Waals surface area (Å²) in [5, 5.41) is 28.1. The third-order valence-electron chi connectivity index (χ3n) is 5.05. The van der Waals surface area contributed by atoms with Crippen LogP contribution in [0.5, 0.6) is 0 Å². The Kier molecular flexibility index (Phi) is 8.91. The number of hydrogen-bond acceptors (Lipinski definition) is 8. The van der Waals surface area contributed by atoms with Gasteiger partial charge in [0, 0.05) is 26.1 Å². The van der Waals surface area contributed by atoms with Gasteiger partial charge in [0.2, 0.25) is 0 Å². The lowest BCUT2D eigenvalue weighted by atomic mass is 9.84. The molecule has 0 aliphatic rings. The van der Waals surface area contributed by atoms with Gasteiger partial charge in [0.1, 0.15) is 0 Å². The summed E-state index contributed by atoms with van der Waals surface area (Å²) in [5.41, 5.74) is 0.369. The summed E-state index contributed by atoms with van der Waals surface area (Å²) in [7, 11) is 0. The summed E-state index contributed by atoms with van der Waals surface area (Å²) in [6.07, 6.45) is 5.66. The number of H-pyrrole nitrogens is 2. The van der Waals surface area contributed by atoms with Crippen LogP contribution in [0.2, 0.25) is 0 Å². The van der Waals surface area contributed by atoms with Crippen LogP contribution in [0.3, 0.4) is 0 Å². The van der Waals surface area contributed by atoms with Gasteiger partial charge >= 0.3 is 0 Å². The van der Waals surface area contributed by atoms with Crippen molar-refractivity contribution in [1.29, 1.82) is 0 Å². The molecule has 0 aliphatic heterocycles. The van der Waals surface area contributed by atoms with E-state index in [4.69, 9.17) is 9.47 Å². The third kappa shape index (κ3) is 9.32. The van der Waals surface area contributed by atoms with Crippen LogP contribution < -0.4 is 0 Å². The van der Waals surface area contributed by atoms with Crippen LogP contribution in [-0.4, -0.2) is 67.7 Å². The van der Waals surface area contributed by atoms with E-state index in [1.807, 2.05) is 0 Å². The van der Waals surface area contributed by atoms with Crippen LogP contribution in [0, 0.1) is 10.8 Å². The SMILES string of the molecule is CC(C)(CCOCCOCCC(C)(C)CCc1nn[nH]n1)CCc1nn[nH]n1. The molecule has 0 saturated carbocycles. The maximum Gasteiger partial charge on any atom is 0.174 e. The van der Waals surface area contributed by atoms with Gasteiger partial charge in [0.25, 0.3) is 0 Å². The number of tetrazole rings is 2. The number of nitrogens with zero attached hydrogens (tertiary/aromatic N) is 6. The predicted octanol–water partition coefficient (Wildman–Crippen LogP) is 2.14. The summed E-state index contributed by atoms with van der Waals surface area (Å²) in [4.78, 5) is 0. The number of aromatic amines is 2. The van der Waals surface area contributed by atoms with Crippen LogP contribution in [0.4, 0.5) is 0 Å². The second-order valence-electron chi connectivity index (χ2n) is 8.71. The first kappa shape index (κ1) is 22.4. The molecule has 0 aromatic carbocycles. The molecule has 2 N–H and O–H groups in total. The van der Waals surface area contributed by atoms with E-state index < -0.39 is 0 Å². The Morgan fingerprint density at radius 2 is 1.07 bits per heavy atom. The van der Waals surface area contributed by atoms with E-state index in [-0.39, 0.29) is 10.8 Å². The predicted molar refractivity (Wildman–Crippen MR) is 103 cm³/mol. The molecule has 0 aliphatic carbocycles. The Bertz CT molecular complexity index is 572. The van der Waals surface area contributed by atoms with E-state index in [1.165, 1.54) is 0 Å². The highest BCUT2D eigenvalue weighted by Crippen LogP contribution is 2.27. The van der Waals surface area contributed by atoms with Gasteiger partial charge < -0.3 is 9.47 Å². The Morgan fingerprint density at radius 1 is 0.643 bits per heavy atom. The van der Waals surface area contributed by atoms with Crippen molar-refractivity contribution in [3.05, 3.63) is 11.6 Å². The monoisotopic (exact) mass is 394 g/mol. The van der Waals surface area contributed by atoms with Crippen LogP contribution >= 0.6 is 0 Å². The van der Waals surface area contributed by atoms with Crippen molar-refractivity contribution in [2.24, 2.45) is 10.8 Å². The fraction of sp³-hybridized carbons (Fsp3) is 0.889. The van der Waals surface area contributed by atoms with Crippen LogP contribution in [0.15, 0.2) is 0 Å². The van der Waals surface area contributed by atoms with Crippen molar-refractivity contribution >= 4 is 0 Å². The van der Waals surface area contributed by atoms with Crippen molar-refractivity contribution < 1.29 is 9.47 Å². The molecule has 0 unspecified atom stereocenters. The summed E-state index contributed by atoms with van der Waals surface area (Å²) >= 11 is 0. The molecule has 28 heavy (non-hydrogen) atoms. The first-order chi connectivity index (χ1) is 13.4. The molecule has 2 aromatic rings. The molecule has 2 heterocycles. The molecule has 158 valence electrons. The van der Waals surface area contributed by atoms with Crippen molar-refractivity contribution in [2.45, 2.75) is 66.2 Å². The maximum atomic E-state index is 5.73. The minimum absolute atomic E-state index is 0.185. The third-order valence-corrected chi connectivity index (χ3v) is 5.05. The minimum atomic E-state index is 0.185. The topological polar surface area (TPSA) is 127 Å². The van der Waals surface area contributed by atoms with E-state index in [9.17, 15) is 0 Å². The number of hydrogen-bond donors (Lipinski definition) is 2. The summed E-state index contributed by atoms with van der Waals surface area (Å²) in [6.45, 7) is 11.7. The fourth-order valence-electron chi connectivity index (χ4n) is 2.75. The van der Waals surface area contributed by atoms with Crippen molar-refractivity contribution in [3.63, 3.8) is 0 Å². The van der Waals surface area contributed by atoms with Crippen molar-refractivity contribution in [1.82, 2.24) is 41.2 Å². The number of nitrogens with one attached hydrogen (secondary N) is 2. The standard InChI is InChI=1S/C18H34N8O2/c1-17(2,7-5-15-19-23-24-20-15)9-11-27-13-14-28-12-10-18(3,4)8-6-16-21-25-26-22-16/h5-14H2,1-4H3,(H,19,20,23,24)(H,21,22,25,26). The zero-order valence-corrected chi connectivity index (χ0v) is 17.6. The zero-order chi connectivity index (χ0) is 20.3. The van der Waals surface area contributed by atoms with Crippen LogP contribution in [-0.2, 0) is 22.3 Å². The van der Waals surface area contributed by atoms with E-state index in [2.05, 4.69) is 68.9 Å². The van der Waals surface area contributed by atoms with Gasteiger partial charge in [-0.25, -0.2) is 0 Å². The zero-order valence-electron chi connectivity index (χ0n) is 17.6. The first-order valence-corrected chi connectivity index (χ1v) is 9.96.